The van der Waals surface area contributed by atoms with Crippen LogP contribution in [0.25, 0.3) is 0 Å². The summed E-state index contributed by atoms with van der Waals surface area (Å²) < 4.78 is 12.3. The van der Waals surface area contributed by atoms with Crippen LogP contribution in [-0.4, -0.2) is 69.7 Å². The summed E-state index contributed by atoms with van der Waals surface area (Å²) in [6, 6.07) is 0.745. The van der Waals surface area contributed by atoms with Gasteiger partial charge in [0.15, 0.2) is 19.7 Å². The van der Waals surface area contributed by atoms with Crippen molar-refractivity contribution in [2.45, 2.75) is 129 Å². The largest absolute Gasteiger partial charge is 0.444 e. The normalized spacial score (nSPS) is 23.7. The molecule has 5 atom stereocenters. The Morgan fingerprint density at radius 1 is 1.17 bits per heavy atom. The van der Waals surface area contributed by atoms with Crippen LogP contribution in [0.5, 0.6) is 0 Å². The van der Waals surface area contributed by atoms with Crippen LogP contribution in [0.2, 0.25) is 18.1 Å². The molecule has 1 fully saturated rings. The van der Waals surface area contributed by atoms with Crippen LogP contribution in [0.4, 0.5) is 4.79 Å². The Hall–Kier alpha value is -2.04. The molecule has 0 radical (unpaired) electrons. The maximum Gasteiger partial charge on any atom is 0.411 e. The Balaban J connectivity index is 2.47. The maximum atomic E-state index is 14.1. The van der Waals surface area contributed by atoms with Gasteiger partial charge in [-0.2, -0.15) is 0 Å². The number of nitrogens with zero attached hydrogens (tertiary/aromatic N) is 3. The van der Waals surface area contributed by atoms with E-state index in [2.05, 4.69) is 49.1 Å². The SMILES string of the molecule is CC(O[Si](C)(C)C(C)(C)C)C(NC(=O)C1([C@H](C)O)CCC(C)N1C(=O)OC(C)(C)C)c1ncccn1. The van der Waals surface area contributed by atoms with Crippen molar-refractivity contribution < 1.29 is 23.9 Å². The molecule has 1 aliphatic heterocycles. The van der Waals surface area contributed by atoms with Crippen LogP contribution in [0.15, 0.2) is 18.5 Å². The van der Waals surface area contributed by atoms with E-state index in [4.69, 9.17) is 9.16 Å². The number of rotatable bonds is 7. The third kappa shape index (κ3) is 6.44. The highest BCUT2D eigenvalue weighted by Gasteiger charge is 2.57. The number of aromatic nitrogens is 2. The number of ether oxygens (including phenoxy) is 1. The molecule has 36 heavy (non-hydrogen) atoms. The second-order valence-corrected chi connectivity index (χ2v) is 17.2. The van der Waals surface area contributed by atoms with Gasteiger partial charge in [-0.25, -0.2) is 14.8 Å². The molecule has 1 aromatic heterocycles. The predicted molar refractivity (Wildman–Crippen MR) is 142 cm³/mol. The highest BCUT2D eigenvalue weighted by Crippen LogP contribution is 2.41. The lowest BCUT2D eigenvalue weighted by Crippen LogP contribution is -2.65. The van der Waals surface area contributed by atoms with E-state index in [1.807, 2.05) is 13.8 Å². The van der Waals surface area contributed by atoms with Crippen LogP contribution < -0.4 is 5.32 Å². The molecule has 0 saturated carbocycles. The van der Waals surface area contributed by atoms with Crippen molar-refractivity contribution in [2.75, 3.05) is 0 Å². The zero-order valence-electron chi connectivity index (χ0n) is 23.9. The fourth-order valence-corrected chi connectivity index (χ4v) is 5.81. The Bertz CT molecular complexity index is 913. The minimum atomic E-state index is -2.20. The van der Waals surface area contributed by atoms with Gasteiger partial charge in [-0.05, 0) is 78.6 Å². The number of likely N-dealkylation sites (tertiary alicyclic amines) is 1. The lowest BCUT2D eigenvalue weighted by molar-refractivity contribution is -0.141. The molecule has 0 aromatic carbocycles. The third-order valence-corrected chi connectivity index (χ3v) is 12.0. The van der Waals surface area contributed by atoms with Crippen molar-refractivity contribution in [1.29, 1.82) is 0 Å². The van der Waals surface area contributed by atoms with Gasteiger partial charge in [-0.15, -0.1) is 0 Å². The minimum Gasteiger partial charge on any atom is -0.444 e. The van der Waals surface area contributed by atoms with Crippen molar-refractivity contribution in [1.82, 2.24) is 20.2 Å². The van der Waals surface area contributed by atoms with E-state index >= 15 is 0 Å². The van der Waals surface area contributed by atoms with Gasteiger partial charge in [0.25, 0.3) is 0 Å². The van der Waals surface area contributed by atoms with E-state index in [0.29, 0.717) is 18.7 Å². The highest BCUT2D eigenvalue weighted by molar-refractivity contribution is 6.74. The van der Waals surface area contributed by atoms with E-state index < -0.39 is 49.7 Å². The van der Waals surface area contributed by atoms with Gasteiger partial charge < -0.3 is 19.6 Å². The fraction of sp³-hybridized carbons (Fsp3) is 0.769. The van der Waals surface area contributed by atoms with Crippen LogP contribution in [0, 0.1) is 0 Å². The summed E-state index contributed by atoms with van der Waals surface area (Å²) in [4.78, 5) is 37.5. The van der Waals surface area contributed by atoms with Crippen molar-refractivity contribution >= 4 is 20.3 Å². The van der Waals surface area contributed by atoms with Gasteiger partial charge in [0.2, 0.25) is 5.91 Å². The quantitative estimate of drug-likeness (QED) is 0.504. The summed E-state index contributed by atoms with van der Waals surface area (Å²) in [5.41, 5.74) is -2.24. The molecule has 2 rings (SSSR count). The van der Waals surface area contributed by atoms with Crippen molar-refractivity contribution in [2.24, 2.45) is 0 Å². The second kappa shape index (κ2) is 10.7. The molecule has 2 amide bonds. The molecule has 0 aliphatic carbocycles. The Morgan fingerprint density at radius 2 is 1.72 bits per heavy atom. The standard InChI is InChI=1S/C26H46N4O5Si/c1-17-13-14-26(19(3)31,30(17)23(33)34-24(4,5)6)22(32)29-20(21-27-15-12-16-28-21)18(2)35-36(10,11)25(7,8)9/h12,15-20,31H,13-14H2,1-11H3,(H,29,32)/t17?,18?,19-,20?,26?/m0/s1. The number of carbonyl (C=O) groups is 2. The van der Waals surface area contributed by atoms with Gasteiger partial charge >= 0.3 is 6.09 Å². The average Bonchev–Trinajstić information content (AvgIpc) is 3.08. The first kappa shape index (κ1) is 30.2. The van der Waals surface area contributed by atoms with E-state index in [1.165, 1.54) is 4.90 Å². The summed E-state index contributed by atoms with van der Waals surface area (Å²) in [5, 5.41) is 14.0. The summed E-state index contributed by atoms with van der Waals surface area (Å²) >= 11 is 0. The Kier molecular flexibility index (Phi) is 9.01. The molecule has 1 aliphatic rings. The zero-order valence-corrected chi connectivity index (χ0v) is 24.9. The van der Waals surface area contributed by atoms with Crippen molar-refractivity contribution in [3.05, 3.63) is 24.3 Å². The Morgan fingerprint density at radius 3 is 2.19 bits per heavy atom. The summed E-state index contributed by atoms with van der Waals surface area (Å²) in [6.45, 7) is 21.4. The van der Waals surface area contributed by atoms with Gasteiger partial charge in [0, 0.05) is 18.4 Å². The molecular formula is C26H46N4O5Si. The van der Waals surface area contributed by atoms with Crippen LogP contribution in [-0.2, 0) is 14.0 Å². The lowest BCUT2D eigenvalue weighted by atomic mass is 9.88. The second-order valence-electron chi connectivity index (χ2n) is 12.5. The van der Waals surface area contributed by atoms with Crippen LogP contribution in [0.3, 0.4) is 0 Å². The topological polar surface area (TPSA) is 114 Å². The molecule has 9 nitrogen and oxygen atoms in total. The smallest absolute Gasteiger partial charge is 0.411 e. The number of amides is 2. The number of carbonyl (C=O) groups excluding carboxylic acids is 2. The predicted octanol–water partition coefficient (Wildman–Crippen LogP) is 4.58. The van der Waals surface area contributed by atoms with Gasteiger partial charge in [0.1, 0.15) is 11.6 Å². The van der Waals surface area contributed by atoms with Gasteiger partial charge in [-0.1, -0.05) is 20.8 Å². The lowest BCUT2D eigenvalue weighted by Gasteiger charge is -2.43. The van der Waals surface area contributed by atoms with Crippen molar-refractivity contribution in [3.63, 3.8) is 0 Å². The monoisotopic (exact) mass is 522 g/mol. The van der Waals surface area contributed by atoms with Gasteiger partial charge in [0.05, 0.1) is 12.2 Å². The first-order chi connectivity index (χ1) is 16.3. The molecule has 0 bridgehead atoms. The number of nitrogens with one attached hydrogen (secondary N) is 1. The summed E-state index contributed by atoms with van der Waals surface area (Å²) in [6.07, 6.45) is 1.89. The molecule has 2 heterocycles. The number of aliphatic hydroxyl groups is 1. The Labute approximate surface area is 217 Å². The molecule has 10 heteroatoms. The first-order valence-electron chi connectivity index (χ1n) is 12.8. The highest BCUT2D eigenvalue weighted by atomic mass is 28.4. The number of hydrogen-bond acceptors (Lipinski definition) is 7. The number of hydrogen-bond donors (Lipinski definition) is 2. The van der Waals surface area contributed by atoms with Crippen LogP contribution >= 0.6 is 0 Å². The van der Waals surface area contributed by atoms with Gasteiger partial charge in [-0.3, -0.25) is 9.69 Å². The van der Waals surface area contributed by atoms with Crippen molar-refractivity contribution in [3.8, 4) is 0 Å². The molecule has 0 spiro atoms. The van der Waals surface area contributed by atoms with E-state index in [0.717, 1.165) is 0 Å². The summed E-state index contributed by atoms with van der Waals surface area (Å²) in [5.74, 6) is -0.0662. The van der Waals surface area contributed by atoms with E-state index in [1.54, 1.807) is 46.2 Å². The molecule has 1 saturated heterocycles. The molecule has 4 unspecified atom stereocenters. The van der Waals surface area contributed by atoms with E-state index in [9.17, 15) is 14.7 Å². The number of aliphatic hydroxyl groups excluding tert-OH is 1. The maximum absolute atomic E-state index is 14.1. The summed E-state index contributed by atoms with van der Waals surface area (Å²) in [7, 11) is -2.20. The minimum absolute atomic E-state index is 0.0391. The molecule has 1 aromatic rings. The molecule has 2 N–H and O–H groups in total. The first-order valence-corrected chi connectivity index (χ1v) is 15.7. The van der Waals surface area contributed by atoms with E-state index in [-0.39, 0.29) is 11.1 Å². The molecule has 204 valence electrons. The average molecular weight is 523 g/mol. The fourth-order valence-electron chi connectivity index (χ4n) is 4.39. The molecular weight excluding hydrogens is 476 g/mol. The third-order valence-electron chi connectivity index (χ3n) is 7.40. The zero-order chi connectivity index (χ0) is 27.7. The van der Waals surface area contributed by atoms with Crippen LogP contribution in [0.1, 0.15) is 87.0 Å².